The maximum Gasteiger partial charge on any atom is 0.272 e. The van der Waals surface area contributed by atoms with Gasteiger partial charge in [0.1, 0.15) is 23.6 Å². The number of amides is 1. The maximum absolute atomic E-state index is 13.0. The van der Waals surface area contributed by atoms with Gasteiger partial charge in [0.25, 0.3) is 5.91 Å². The molecular formula is C21H19ClN4O2. The molecule has 2 heterocycles. The number of carbonyl (C=O) groups is 1. The van der Waals surface area contributed by atoms with Gasteiger partial charge < -0.3 is 15.0 Å². The largest absolute Gasteiger partial charge is 0.495 e. The summed E-state index contributed by atoms with van der Waals surface area (Å²) in [6, 6.07) is 15.1. The van der Waals surface area contributed by atoms with Gasteiger partial charge in [0.2, 0.25) is 0 Å². The van der Waals surface area contributed by atoms with Crippen molar-refractivity contribution in [1.82, 2.24) is 14.9 Å². The number of nitrogens with zero attached hydrogens (tertiary/aromatic N) is 3. The molecule has 0 saturated carbocycles. The number of nitrogens with one attached hydrogen (secondary N) is 1. The smallest absolute Gasteiger partial charge is 0.272 e. The Balaban J connectivity index is 1.54. The van der Waals surface area contributed by atoms with Crippen molar-refractivity contribution in [2.45, 2.75) is 13.0 Å². The molecule has 6 nitrogen and oxygen atoms in total. The van der Waals surface area contributed by atoms with Crippen LogP contribution in [0.1, 0.15) is 21.6 Å². The lowest BCUT2D eigenvalue weighted by molar-refractivity contribution is 0.0728. The van der Waals surface area contributed by atoms with Gasteiger partial charge in [-0.2, -0.15) is 0 Å². The van der Waals surface area contributed by atoms with E-state index in [2.05, 4.69) is 27.4 Å². The van der Waals surface area contributed by atoms with Crippen molar-refractivity contribution in [3.05, 3.63) is 76.7 Å². The molecule has 3 aromatic rings. The van der Waals surface area contributed by atoms with Gasteiger partial charge in [0.15, 0.2) is 0 Å². The summed E-state index contributed by atoms with van der Waals surface area (Å²) in [5, 5.41) is 3.72. The van der Waals surface area contributed by atoms with Crippen LogP contribution in [-0.4, -0.2) is 34.4 Å². The van der Waals surface area contributed by atoms with Crippen molar-refractivity contribution in [3.63, 3.8) is 0 Å². The average molecular weight is 395 g/mol. The number of fused-ring (bicyclic) bond motifs is 1. The molecule has 0 atom stereocenters. The Labute approximate surface area is 168 Å². The van der Waals surface area contributed by atoms with Crippen LogP contribution >= 0.6 is 11.6 Å². The molecule has 0 aliphatic carbocycles. The second-order valence-corrected chi connectivity index (χ2v) is 6.94. The molecule has 28 heavy (non-hydrogen) atoms. The summed E-state index contributed by atoms with van der Waals surface area (Å²) < 4.78 is 5.34. The first kappa shape index (κ1) is 18.3. The highest BCUT2D eigenvalue weighted by Crippen LogP contribution is 2.30. The van der Waals surface area contributed by atoms with Crippen molar-refractivity contribution in [2.75, 3.05) is 19.0 Å². The van der Waals surface area contributed by atoms with Crippen molar-refractivity contribution in [2.24, 2.45) is 0 Å². The molecule has 0 bridgehead atoms. The van der Waals surface area contributed by atoms with Crippen LogP contribution < -0.4 is 10.1 Å². The summed E-state index contributed by atoms with van der Waals surface area (Å²) in [4.78, 5) is 23.2. The predicted octanol–water partition coefficient (Wildman–Crippen LogP) is 4.08. The number of hydrogen-bond donors (Lipinski definition) is 1. The van der Waals surface area contributed by atoms with Crippen LogP contribution in [-0.2, 0) is 13.0 Å². The third-order valence-corrected chi connectivity index (χ3v) is 4.96. The molecule has 7 heteroatoms. The quantitative estimate of drug-likeness (QED) is 0.722. The monoisotopic (exact) mass is 394 g/mol. The van der Waals surface area contributed by atoms with E-state index in [0.717, 1.165) is 6.42 Å². The molecule has 142 valence electrons. The fraction of sp³-hybridized carbons (Fsp3) is 0.190. The van der Waals surface area contributed by atoms with Gasteiger partial charge in [-0.3, -0.25) is 4.79 Å². The molecule has 1 N–H and O–H groups in total. The Morgan fingerprint density at radius 1 is 1.14 bits per heavy atom. The van der Waals surface area contributed by atoms with Gasteiger partial charge in [-0.15, -0.1) is 0 Å². The number of ether oxygens (including phenoxy) is 1. The normalized spacial score (nSPS) is 13.0. The van der Waals surface area contributed by atoms with Gasteiger partial charge in [0, 0.05) is 24.2 Å². The Kier molecular flexibility index (Phi) is 5.12. The van der Waals surface area contributed by atoms with Crippen LogP contribution in [0.5, 0.6) is 5.75 Å². The van der Waals surface area contributed by atoms with Crippen LogP contribution in [0.4, 0.5) is 11.5 Å². The number of halogens is 1. The Morgan fingerprint density at radius 2 is 1.96 bits per heavy atom. The Hall–Kier alpha value is -3.12. The Bertz CT molecular complexity index is 1020. The molecule has 1 aliphatic heterocycles. The van der Waals surface area contributed by atoms with Gasteiger partial charge in [0.05, 0.1) is 12.8 Å². The van der Waals surface area contributed by atoms with Crippen molar-refractivity contribution in [3.8, 4) is 5.75 Å². The third-order valence-electron chi connectivity index (χ3n) is 4.73. The number of carbonyl (C=O) groups excluding carboxylic acids is 1. The first-order chi connectivity index (χ1) is 13.6. The topological polar surface area (TPSA) is 67.3 Å². The van der Waals surface area contributed by atoms with Crippen LogP contribution in [0.3, 0.4) is 0 Å². The van der Waals surface area contributed by atoms with Gasteiger partial charge in [-0.1, -0.05) is 35.9 Å². The van der Waals surface area contributed by atoms with E-state index in [4.69, 9.17) is 16.3 Å². The second-order valence-electron chi connectivity index (χ2n) is 6.50. The van der Waals surface area contributed by atoms with Crippen LogP contribution in [0.25, 0.3) is 0 Å². The van der Waals surface area contributed by atoms with Crippen molar-refractivity contribution in [1.29, 1.82) is 0 Å². The summed E-state index contributed by atoms with van der Waals surface area (Å²) in [5.74, 6) is 1.01. The minimum Gasteiger partial charge on any atom is -0.495 e. The molecular weight excluding hydrogens is 376 g/mol. The molecule has 0 saturated heterocycles. The lowest BCUT2D eigenvalue weighted by Gasteiger charge is -2.28. The zero-order chi connectivity index (χ0) is 19.5. The van der Waals surface area contributed by atoms with E-state index in [-0.39, 0.29) is 5.91 Å². The second kappa shape index (κ2) is 7.86. The van der Waals surface area contributed by atoms with E-state index < -0.39 is 0 Å². The van der Waals surface area contributed by atoms with Crippen molar-refractivity contribution < 1.29 is 9.53 Å². The van der Waals surface area contributed by atoms with Crippen molar-refractivity contribution >= 4 is 29.0 Å². The zero-order valence-corrected chi connectivity index (χ0v) is 16.1. The lowest BCUT2D eigenvalue weighted by atomic mass is 10.00. The third kappa shape index (κ3) is 3.77. The van der Waals surface area contributed by atoms with E-state index in [1.54, 1.807) is 31.4 Å². The van der Waals surface area contributed by atoms with E-state index >= 15 is 0 Å². The molecule has 0 radical (unpaired) electrons. The minimum absolute atomic E-state index is 0.113. The van der Waals surface area contributed by atoms with E-state index in [1.165, 1.54) is 17.5 Å². The molecule has 1 aromatic heterocycles. The fourth-order valence-corrected chi connectivity index (χ4v) is 3.46. The number of anilines is 2. The van der Waals surface area contributed by atoms with Crippen LogP contribution in [0.15, 0.2) is 54.9 Å². The molecule has 2 aromatic carbocycles. The SMILES string of the molecule is COc1ccc(Cl)cc1Nc1cc(C(=O)N2CCc3ccccc3C2)ncn1. The standard InChI is InChI=1S/C21H19ClN4O2/c1-28-19-7-6-16(22)10-17(19)25-20-11-18(23-13-24-20)21(27)26-9-8-14-4-2-3-5-15(14)12-26/h2-7,10-11,13H,8-9,12H2,1H3,(H,23,24,25). The Morgan fingerprint density at radius 3 is 2.79 bits per heavy atom. The summed E-state index contributed by atoms with van der Waals surface area (Å²) in [6.45, 7) is 1.26. The molecule has 1 aliphatic rings. The molecule has 1 amide bonds. The molecule has 0 unspecified atom stereocenters. The first-order valence-electron chi connectivity index (χ1n) is 8.92. The number of methoxy groups -OCH3 is 1. The minimum atomic E-state index is -0.113. The highest BCUT2D eigenvalue weighted by Gasteiger charge is 2.22. The maximum atomic E-state index is 13.0. The molecule has 0 fully saturated rings. The van der Waals surface area contributed by atoms with Crippen LogP contribution in [0, 0.1) is 0 Å². The van der Waals surface area contributed by atoms with Gasteiger partial charge >= 0.3 is 0 Å². The predicted molar refractivity (Wildman–Crippen MR) is 108 cm³/mol. The number of hydrogen-bond acceptors (Lipinski definition) is 5. The molecule has 4 rings (SSSR count). The van der Waals surface area contributed by atoms with E-state index in [0.29, 0.717) is 41.1 Å². The van der Waals surface area contributed by atoms with Gasteiger partial charge in [-0.25, -0.2) is 9.97 Å². The highest BCUT2D eigenvalue weighted by atomic mass is 35.5. The number of rotatable bonds is 4. The van der Waals surface area contributed by atoms with Crippen LogP contribution in [0.2, 0.25) is 5.02 Å². The lowest BCUT2D eigenvalue weighted by Crippen LogP contribution is -2.36. The fourth-order valence-electron chi connectivity index (χ4n) is 3.29. The summed E-state index contributed by atoms with van der Waals surface area (Å²) in [5.41, 5.74) is 3.49. The summed E-state index contributed by atoms with van der Waals surface area (Å²) >= 11 is 6.08. The summed E-state index contributed by atoms with van der Waals surface area (Å²) in [6.07, 6.45) is 2.22. The zero-order valence-electron chi connectivity index (χ0n) is 15.4. The molecule has 0 spiro atoms. The van der Waals surface area contributed by atoms with E-state index in [9.17, 15) is 4.79 Å². The highest BCUT2D eigenvalue weighted by molar-refractivity contribution is 6.31. The first-order valence-corrected chi connectivity index (χ1v) is 9.30. The average Bonchev–Trinajstić information content (AvgIpc) is 2.73. The van der Waals surface area contributed by atoms with Gasteiger partial charge in [-0.05, 0) is 35.7 Å². The number of benzene rings is 2. The van der Waals surface area contributed by atoms with E-state index in [1.807, 2.05) is 17.0 Å². The summed E-state index contributed by atoms with van der Waals surface area (Å²) in [7, 11) is 1.58. The number of aromatic nitrogens is 2.